The number of carbonyl (C=O) groups excluding carboxylic acids is 1. The number of aromatic amines is 2. The third-order valence-corrected chi connectivity index (χ3v) is 4.08. The largest absolute Gasteiger partial charge is 0.340 e. The molecule has 0 aliphatic rings. The molecular formula is C15H15N5O2S. The van der Waals surface area contributed by atoms with E-state index in [2.05, 4.69) is 20.2 Å². The van der Waals surface area contributed by atoms with Gasteiger partial charge in [-0.15, -0.1) is 11.3 Å². The Labute approximate surface area is 136 Å². The molecule has 0 bridgehead atoms. The Morgan fingerprint density at radius 2 is 2.22 bits per heavy atom. The molecule has 0 aliphatic heterocycles. The lowest BCUT2D eigenvalue weighted by molar-refractivity contribution is 0.0781. The van der Waals surface area contributed by atoms with Crippen LogP contribution in [0.5, 0.6) is 0 Å². The maximum Gasteiger partial charge on any atom is 0.340 e. The van der Waals surface area contributed by atoms with Crippen LogP contribution in [0.15, 0.2) is 34.4 Å². The molecule has 0 fully saturated rings. The summed E-state index contributed by atoms with van der Waals surface area (Å²) < 4.78 is 0. The summed E-state index contributed by atoms with van der Waals surface area (Å²) in [6.07, 6.45) is 0. The number of aryl methyl sites for hydroxylation is 1. The minimum absolute atomic E-state index is 0.150. The Balaban J connectivity index is 1.80. The van der Waals surface area contributed by atoms with Crippen molar-refractivity contribution in [3.63, 3.8) is 0 Å². The molecule has 3 rings (SSSR count). The number of H-pyrrole nitrogens is 2. The Hall–Kier alpha value is -2.74. The third-order valence-electron chi connectivity index (χ3n) is 3.31. The van der Waals surface area contributed by atoms with Crippen LogP contribution in [0.1, 0.15) is 21.2 Å². The van der Waals surface area contributed by atoms with E-state index in [1.54, 1.807) is 24.5 Å². The van der Waals surface area contributed by atoms with Crippen LogP contribution in [0, 0.1) is 6.92 Å². The van der Waals surface area contributed by atoms with Gasteiger partial charge in [0.25, 0.3) is 5.91 Å². The first kappa shape index (κ1) is 15.2. The Kier molecular flexibility index (Phi) is 4.07. The topological polar surface area (TPSA) is 94.7 Å². The maximum absolute atomic E-state index is 12.5. The second-order valence-corrected chi connectivity index (χ2v) is 6.18. The van der Waals surface area contributed by atoms with E-state index in [0.717, 1.165) is 16.3 Å². The number of thiazole rings is 1. The molecular weight excluding hydrogens is 314 g/mol. The van der Waals surface area contributed by atoms with E-state index in [1.807, 2.05) is 30.5 Å². The van der Waals surface area contributed by atoms with Crippen molar-refractivity contribution in [1.82, 2.24) is 25.1 Å². The van der Waals surface area contributed by atoms with Gasteiger partial charge in [-0.1, -0.05) is 12.1 Å². The van der Waals surface area contributed by atoms with E-state index in [9.17, 15) is 9.59 Å². The summed E-state index contributed by atoms with van der Waals surface area (Å²) in [6.45, 7) is 2.17. The summed E-state index contributed by atoms with van der Waals surface area (Å²) in [7, 11) is 1.66. The number of benzene rings is 1. The lowest BCUT2D eigenvalue weighted by Gasteiger charge is -2.15. The minimum atomic E-state index is -0.387. The first-order valence-corrected chi connectivity index (χ1v) is 7.82. The summed E-state index contributed by atoms with van der Waals surface area (Å²) in [4.78, 5) is 32.0. The van der Waals surface area contributed by atoms with Gasteiger partial charge in [0.15, 0.2) is 5.82 Å². The predicted octanol–water partition coefficient (Wildman–Crippen LogP) is 1.80. The number of hydrogen-bond donors (Lipinski definition) is 2. The van der Waals surface area contributed by atoms with Gasteiger partial charge in [0.2, 0.25) is 0 Å². The molecule has 0 unspecified atom stereocenters. The highest BCUT2D eigenvalue weighted by molar-refractivity contribution is 7.09. The molecule has 0 aliphatic carbocycles. The zero-order chi connectivity index (χ0) is 16.4. The fourth-order valence-electron chi connectivity index (χ4n) is 2.20. The average Bonchev–Trinajstić information content (AvgIpc) is 3.15. The lowest BCUT2D eigenvalue weighted by atomic mass is 10.1. The smallest absolute Gasteiger partial charge is 0.334 e. The number of carbonyl (C=O) groups is 1. The van der Waals surface area contributed by atoms with E-state index in [1.165, 1.54) is 4.90 Å². The quantitative estimate of drug-likeness (QED) is 0.763. The van der Waals surface area contributed by atoms with Gasteiger partial charge in [0.05, 0.1) is 17.2 Å². The van der Waals surface area contributed by atoms with Gasteiger partial charge in [-0.25, -0.2) is 14.9 Å². The van der Waals surface area contributed by atoms with Crippen molar-refractivity contribution < 1.29 is 4.79 Å². The molecule has 0 saturated carbocycles. The molecule has 3 aromatic rings. The molecule has 8 heteroatoms. The van der Waals surface area contributed by atoms with Crippen molar-refractivity contribution in [3.05, 3.63) is 56.5 Å². The maximum atomic E-state index is 12.5. The van der Waals surface area contributed by atoms with Crippen molar-refractivity contribution in [2.45, 2.75) is 13.5 Å². The van der Waals surface area contributed by atoms with Crippen molar-refractivity contribution >= 4 is 17.2 Å². The highest BCUT2D eigenvalue weighted by atomic mass is 32.1. The number of aromatic nitrogens is 4. The van der Waals surface area contributed by atoms with Crippen molar-refractivity contribution in [2.75, 3.05) is 7.05 Å². The van der Waals surface area contributed by atoms with Crippen LogP contribution in [-0.2, 0) is 6.54 Å². The van der Waals surface area contributed by atoms with Crippen molar-refractivity contribution in [1.29, 1.82) is 0 Å². The van der Waals surface area contributed by atoms with Crippen LogP contribution in [0.2, 0.25) is 0 Å². The van der Waals surface area contributed by atoms with Gasteiger partial charge in [0, 0.05) is 23.6 Å². The van der Waals surface area contributed by atoms with Gasteiger partial charge >= 0.3 is 5.69 Å². The van der Waals surface area contributed by atoms with Gasteiger partial charge in [-0.2, -0.15) is 5.10 Å². The lowest BCUT2D eigenvalue weighted by Crippen LogP contribution is -2.26. The van der Waals surface area contributed by atoms with Crippen LogP contribution in [0.3, 0.4) is 0 Å². The van der Waals surface area contributed by atoms with Crippen molar-refractivity contribution in [2.24, 2.45) is 0 Å². The SMILES string of the molecule is Cc1nc(-c2cccc(C(=O)N(C)Cc3n[nH]c(=O)[nH]3)c2)cs1. The summed E-state index contributed by atoms with van der Waals surface area (Å²) in [5.74, 6) is 0.264. The Bertz CT molecular complexity index is 895. The van der Waals surface area contributed by atoms with E-state index >= 15 is 0 Å². The fraction of sp³-hybridized carbons (Fsp3) is 0.200. The van der Waals surface area contributed by atoms with Crippen LogP contribution in [-0.4, -0.2) is 38.0 Å². The molecule has 0 saturated heterocycles. The number of rotatable bonds is 4. The normalized spacial score (nSPS) is 10.7. The van der Waals surface area contributed by atoms with E-state index in [0.29, 0.717) is 11.4 Å². The highest BCUT2D eigenvalue weighted by Crippen LogP contribution is 2.22. The molecule has 1 amide bonds. The minimum Gasteiger partial charge on any atom is -0.334 e. The van der Waals surface area contributed by atoms with Crippen LogP contribution < -0.4 is 5.69 Å². The summed E-state index contributed by atoms with van der Waals surface area (Å²) in [6, 6.07) is 7.34. The van der Waals surface area contributed by atoms with E-state index in [4.69, 9.17) is 0 Å². The van der Waals surface area contributed by atoms with Gasteiger partial charge < -0.3 is 4.90 Å². The molecule has 2 aromatic heterocycles. The summed E-state index contributed by atoms with van der Waals surface area (Å²) in [5, 5.41) is 9.04. The van der Waals surface area contributed by atoms with Gasteiger partial charge in [0.1, 0.15) is 0 Å². The fourth-order valence-corrected chi connectivity index (χ4v) is 2.83. The molecule has 1 aromatic carbocycles. The average molecular weight is 329 g/mol. The first-order valence-electron chi connectivity index (χ1n) is 6.94. The van der Waals surface area contributed by atoms with Crippen LogP contribution in [0.25, 0.3) is 11.3 Å². The van der Waals surface area contributed by atoms with Crippen LogP contribution in [0.4, 0.5) is 0 Å². The van der Waals surface area contributed by atoms with Gasteiger partial charge in [-0.05, 0) is 19.1 Å². The molecule has 118 valence electrons. The third kappa shape index (κ3) is 3.37. The zero-order valence-corrected chi connectivity index (χ0v) is 13.5. The van der Waals surface area contributed by atoms with E-state index < -0.39 is 0 Å². The molecule has 2 N–H and O–H groups in total. The second kappa shape index (κ2) is 6.17. The molecule has 23 heavy (non-hydrogen) atoms. The Morgan fingerprint density at radius 3 is 2.87 bits per heavy atom. The first-order chi connectivity index (χ1) is 11.0. The predicted molar refractivity (Wildman–Crippen MR) is 87.3 cm³/mol. The van der Waals surface area contributed by atoms with Crippen molar-refractivity contribution in [3.8, 4) is 11.3 Å². The van der Waals surface area contributed by atoms with E-state index in [-0.39, 0.29) is 18.1 Å². The summed E-state index contributed by atoms with van der Waals surface area (Å²) >= 11 is 1.57. The highest BCUT2D eigenvalue weighted by Gasteiger charge is 2.14. The standard InChI is InChI=1S/C15H15N5O2S/c1-9-16-12(8-23-9)10-4-3-5-11(6-10)14(21)20(2)7-13-17-15(22)19-18-13/h3-6,8H,7H2,1-2H3,(H2,17,18,19,22). The summed E-state index contributed by atoms with van der Waals surface area (Å²) in [5.41, 5.74) is 1.94. The number of hydrogen-bond acceptors (Lipinski definition) is 5. The Morgan fingerprint density at radius 1 is 1.39 bits per heavy atom. The monoisotopic (exact) mass is 329 g/mol. The molecule has 0 radical (unpaired) electrons. The van der Waals surface area contributed by atoms with Crippen LogP contribution >= 0.6 is 11.3 Å². The number of nitrogens with zero attached hydrogens (tertiary/aromatic N) is 3. The molecule has 0 spiro atoms. The molecule has 0 atom stereocenters. The number of nitrogens with one attached hydrogen (secondary N) is 2. The van der Waals surface area contributed by atoms with Gasteiger partial charge in [-0.3, -0.25) is 9.78 Å². The number of amides is 1. The second-order valence-electron chi connectivity index (χ2n) is 5.12. The molecule has 7 nitrogen and oxygen atoms in total. The molecule has 2 heterocycles. The zero-order valence-electron chi connectivity index (χ0n) is 12.7.